The first kappa shape index (κ1) is 10.8. The molecule has 0 fully saturated rings. The summed E-state index contributed by atoms with van der Waals surface area (Å²) in [5, 5.41) is 7.95. The minimum atomic E-state index is 0. The molecule has 2 nitrogen and oxygen atoms in total. The Morgan fingerprint density at radius 3 is 2.12 bits per heavy atom. The van der Waals surface area contributed by atoms with Crippen molar-refractivity contribution in [2.45, 2.75) is 33.6 Å². The molecule has 0 rings (SSSR count). The molecule has 54 valence electrons. The summed E-state index contributed by atoms with van der Waals surface area (Å²) < 4.78 is 0. The zero-order valence-corrected chi connectivity index (χ0v) is 6.07. The first-order valence-electron chi connectivity index (χ1n) is 3.28. The van der Waals surface area contributed by atoms with Crippen LogP contribution >= 0.6 is 0 Å². The standard InChI is InChI=1S/C4H11NO.C2H6.H2/c1-2-3-4-5-6;1-2;/h5-6H,2-4H2,1H3;1-2H3;1H. The molecule has 2 N–H and O–H groups in total. The van der Waals surface area contributed by atoms with Crippen LogP contribution in [0.15, 0.2) is 0 Å². The maximum Gasteiger partial charge on any atom is 0.0207 e. The molecular formula is C6H19NO. The molecule has 0 aliphatic carbocycles. The Morgan fingerprint density at radius 2 is 2.00 bits per heavy atom. The highest BCUT2D eigenvalue weighted by molar-refractivity contribution is 4.30. The summed E-state index contributed by atoms with van der Waals surface area (Å²) in [7, 11) is 0. The molecule has 0 heterocycles. The van der Waals surface area contributed by atoms with E-state index in [0.717, 1.165) is 19.4 Å². The van der Waals surface area contributed by atoms with E-state index in [0.29, 0.717) is 0 Å². The lowest BCUT2D eigenvalue weighted by Gasteiger charge is -1.88. The van der Waals surface area contributed by atoms with Crippen LogP contribution in [0.1, 0.15) is 35.0 Å². The van der Waals surface area contributed by atoms with E-state index in [1.165, 1.54) is 0 Å². The summed E-state index contributed by atoms with van der Waals surface area (Å²) in [5.41, 5.74) is 2.07. The van der Waals surface area contributed by atoms with Gasteiger partial charge in [0, 0.05) is 7.97 Å². The van der Waals surface area contributed by atoms with E-state index in [2.05, 4.69) is 12.4 Å². The van der Waals surface area contributed by atoms with Crippen LogP contribution in [-0.2, 0) is 0 Å². The average molecular weight is 121 g/mol. The first-order valence-corrected chi connectivity index (χ1v) is 3.28. The molecule has 0 aliphatic heterocycles. The molecule has 0 atom stereocenters. The van der Waals surface area contributed by atoms with Gasteiger partial charge in [-0.25, -0.2) is 5.48 Å². The van der Waals surface area contributed by atoms with Crippen molar-refractivity contribution in [3.05, 3.63) is 0 Å². The summed E-state index contributed by atoms with van der Waals surface area (Å²) in [4.78, 5) is 0. The van der Waals surface area contributed by atoms with Gasteiger partial charge in [-0.15, -0.1) is 0 Å². The lowest BCUT2D eigenvalue weighted by atomic mass is 10.3. The van der Waals surface area contributed by atoms with Crippen LogP contribution in [-0.4, -0.2) is 11.8 Å². The lowest BCUT2D eigenvalue weighted by Crippen LogP contribution is -2.07. The Hall–Kier alpha value is -0.0800. The van der Waals surface area contributed by atoms with Crippen molar-refractivity contribution >= 4 is 0 Å². The van der Waals surface area contributed by atoms with Gasteiger partial charge in [0.05, 0.1) is 0 Å². The number of unbranched alkanes of at least 4 members (excludes halogenated alkanes) is 1. The second-order valence-electron chi connectivity index (χ2n) is 1.26. The Kier molecular flexibility index (Phi) is 21.3. The Morgan fingerprint density at radius 1 is 1.50 bits per heavy atom. The van der Waals surface area contributed by atoms with Crippen molar-refractivity contribution in [2.75, 3.05) is 6.54 Å². The second kappa shape index (κ2) is 15.8. The third-order valence-corrected chi connectivity index (χ3v) is 0.642. The molecule has 0 aromatic carbocycles. The molecule has 0 radical (unpaired) electrons. The molecule has 0 saturated carbocycles. The van der Waals surface area contributed by atoms with Crippen molar-refractivity contribution < 1.29 is 6.63 Å². The van der Waals surface area contributed by atoms with Gasteiger partial charge in [-0.05, 0) is 6.42 Å². The fourth-order valence-electron chi connectivity index (χ4n) is 0.256. The lowest BCUT2D eigenvalue weighted by molar-refractivity contribution is 0.165. The van der Waals surface area contributed by atoms with Crippen molar-refractivity contribution in [2.24, 2.45) is 0 Å². The van der Waals surface area contributed by atoms with E-state index >= 15 is 0 Å². The minimum Gasteiger partial charge on any atom is -0.317 e. The molecule has 0 spiro atoms. The summed E-state index contributed by atoms with van der Waals surface area (Å²) in [6.45, 7) is 6.80. The van der Waals surface area contributed by atoms with Gasteiger partial charge in [-0.1, -0.05) is 27.2 Å². The van der Waals surface area contributed by atoms with Crippen LogP contribution in [0.2, 0.25) is 0 Å². The van der Waals surface area contributed by atoms with Gasteiger partial charge in [0.25, 0.3) is 0 Å². The van der Waals surface area contributed by atoms with Crippen LogP contribution < -0.4 is 5.48 Å². The van der Waals surface area contributed by atoms with Crippen molar-refractivity contribution in [1.29, 1.82) is 0 Å². The number of rotatable bonds is 3. The van der Waals surface area contributed by atoms with Crippen molar-refractivity contribution in [1.82, 2.24) is 5.48 Å². The molecule has 0 aromatic rings. The first-order chi connectivity index (χ1) is 3.91. The van der Waals surface area contributed by atoms with Gasteiger partial charge < -0.3 is 5.21 Å². The molecule has 0 aromatic heterocycles. The van der Waals surface area contributed by atoms with Crippen molar-refractivity contribution in [3.8, 4) is 0 Å². The van der Waals surface area contributed by atoms with E-state index in [4.69, 9.17) is 5.21 Å². The highest BCUT2D eigenvalue weighted by Gasteiger charge is 1.74. The van der Waals surface area contributed by atoms with Crippen molar-refractivity contribution in [3.63, 3.8) is 0 Å². The molecule has 2 heteroatoms. The minimum absolute atomic E-state index is 0. The van der Waals surface area contributed by atoms with Crippen LogP contribution in [0, 0.1) is 0 Å². The Bertz CT molecular complexity index is 25.0. The molecule has 8 heavy (non-hydrogen) atoms. The maximum absolute atomic E-state index is 7.95. The smallest absolute Gasteiger partial charge is 0.0207 e. The highest BCUT2D eigenvalue weighted by Crippen LogP contribution is 1.79. The van der Waals surface area contributed by atoms with E-state index in [9.17, 15) is 0 Å². The Labute approximate surface area is 53.4 Å². The molecule has 0 unspecified atom stereocenters. The molecule has 0 aliphatic rings. The van der Waals surface area contributed by atoms with Crippen LogP contribution in [0.3, 0.4) is 0 Å². The molecule has 0 amide bonds. The largest absolute Gasteiger partial charge is 0.317 e. The number of hydrogen-bond donors (Lipinski definition) is 2. The summed E-state index contributed by atoms with van der Waals surface area (Å²) in [5.74, 6) is 0. The maximum atomic E-state index is 7.95. The quantitative estimate of drug-likeness (QED) is 0.442. The number of nitrogens with one attached hydrogen (secondary N) is 1. The van der Waals surface area contributed by atoms with E-state index in [-0.39, 0.29) is 1.43 Å². The van der Waals surface area contributed by atoms with Gasteiger partial charge in [0.15, 0.2) is 0 Å². The predicted octanol–water partition coefficient (Wildman–Crippen LogP) is 2.04. The third-order valence-electron chi connectivity index (χ3n) is 0.642. The summed E-state index contributed by atoms with van der Waals surface area (Å²) in [6.07, 6.45) is 2.18. The normalized spacial score (nSPS) is 7.50. The van der Waals surface area contributed by atoms with Gasteiger partial charge in [0.1, 0.15) is 0 Å². The average Bonchev–Trinajstić information content (AvgIpc) is 1.88. The van der Waals surface area contributed by atoms with Crippen LogP contribution in [0.25, 0.3) is 0 Å². The van der Waals surface area contributed by atoms with E-state index in [1.54, 1.807) is 0 Å². The van der Waals surface area contributed by atoms with Crippen LogP contribution in [0.5, 0.6) is 0 Å². The van der Waals surface area contributed by atoms with E-state index in [1.807, 2.05) is 13.8 Å². The zero-order chi connectivity index (χ0) is 6.83. The SMILES string of the molecule is CC.CCCCNO.[HH]. The molecule has 0 bridgehead atoms. The number of hydroxylamine groups is 1. The Balaban J connectivity index is -0.000000109. The van der Waals surface area contributed by atoms with Gasteiger partial charge in [0.2, 0.25) is 0 Å². The fraction of sp³-hybridized carbons (Fsp3) is 1.00. The second-order valence-corrected chi connectivity index (χ2v) is 1.26. The monoisotopic (exact) mass is 121 g/mol. The fourth-order valence-corrected chi connectivity index (χ4v) is 0.256. The highest BCUT2D eigenvalue weighted by atomic mass is 16.5. The summed E-state index contributed by atoms with van der Waals surface area (Å²) in [6, 6.07) is 0. The topological polar surface area (TPSA) is 32.3 Å². The molecular weight excluding hydrogens is 102 g/mol. The summed E-state index contributed by atoms with van der Waals surface area (Å²) >= 11 is 0. The zero-order valence-electron chi connectivity index (χ0n) is 6.07. The van der Waals surface area contributed by atoms with Gasteiger partial charge >= 0.3 is 0 Å². The van der Waals surface area contributed by atoms with E-state index < -0.39 is 0 Å². The third kappa shape index (κ3) is 16.8. The number of hydrogen-bond acceptors (Lipinski definition) is 2. The molecule has 0 saturated heterocycles. The van der Waals surface area contributed by atoms with Crippen LogP contribution in [0.4, 0.5) is 0 Å². The van der Waals surface area contributed by atoms with Gasteiger partial charge in [-0.2, -0.15) is 0 Å². The predicted molar refractivity (Wildman–Crippen MR) is 38.2 cm³/mol. The van der Waals surface area contributed by atoms with Gasteiger partial charge in [-0.3, -0.25) is 0 Å².